The van der Waals surface area contributed by atoms with Crippen molar-refractivity contribution >= 4 is 0 Å². The van der Waals surface area contributed by atoms with Gasteiger partial charge in [0.1, 0.15) is 5.82 Å². The molecule has 100 valence electrons. The Kier molecular flexibility index (Phi) is 4.66. The van der Waals surface area contributed by atoms with Crippen LogP contribution in [-0.2, 0) is 11.2 Å². The van der Waals surface area contributed by atoms with Gasteiger partial charge in [0.2, 0.25) is 0 Å². The van der Waals surface area contributed by atoms with Crippen molar-refractivity contribution in [2.24, 2.45) is 5.84 Å². The minimum Gasteiger partial charge on any atom is -0.374 e. The Morgan fingerprint density at radius 2 is 2.22 bits per heavy atom. The van der Waals surface area contributed by atoms with Crippen LogP contribution < -0.4 is 11.3 Å². The standard InChI is InChI=1S/C13H20FN3O/c1-17-6-7-18-13(9-17)12(16-15)8-10-2-4-11(14)5-3-10/h2-5,12-13,16H,6-9,15H2,1H3. The van der Waals surface area contributed by atoms with Gasteiger partial charge in [-0.15, -0.1) is 0 Å². The third-order valence-corrected chi connectivity index (χ3v) is 3.33. The van der Waals surface area contributed by atoms with Gasteiger partial charge in [-0.05, 0) is 31.2 Å². The summed E-state index contributed by atoms with van der Waals surface area (Å²) < 4.78 is 18.6. The fourth-order valence-electron chi connectivity index (χ4n) is 2.23. The predicted octanol–water partition coefficient (Wildman–Crippen LogP) is 0.531. The maximum atomic E-state index is 12.8. The first-order valence-corrected chi connectivity index (χ1v) is 6.20. The number of halogens is 1. The topological polar surface area (TPSA) is 50.5 Å². The second-order valence-corrected chi connectivity index (χ2v) is 4.78. The van der Waals surface area contributed by atoms with Gasteiger partial charge in [-0.1, -0.05) is 12.1 Å². The molecule has 18 heavy (non-hydrogen) atoms. The molecule has 5 heteroatoms. The second-order valence-electron chi connectivity index (χ2n) is 4.78. The van der Waals surface area contributed by atoms with Gasteiger partial charge in [-0.2, -0.15) is 0 Å². The van der Waals surface area contributed by atoms with E-state index in [2.05, 4.69) is 17.4 Å². The summed E-state index contributed by atoms with van der Waals surface area (Å²) in [6, 6.07) is 6.55. The maximum absolute atomic E-state index is 12.8. The molecule has 1 aromatic carbocycles. The molecule has 0 radical (unpaired) electrons. The van der Waals surface area contributed by atoms with Crippen molar-refractivity contribution in [2.45, 2.75) is 18.6 Å². The number of nitrogens with two attached hydrogens (primary N) is 1. The van der Waals surface area contributed by atoms with Crippen molar-refractivity contribution in [3.63, 3.8) is 0 Å². The van der Waals surface area contributed by atoms with Crippen molar-refractivity contribution in [1.82, 2.24) is 10.3 Å². The second kappa shape index (κ2) is 6.24. The largest absolute Gasteiger partial charge is 0.374 e. The molecule has 3 N–H and O–H groups in total. The summed E-state index contributed by atoms with van der Waals surface area (Å²) in [4.78, 5) is 2.23. The number of morpholine rings is 1. The Hall–Kier alpha value is -1.01. The van der Waals surface area contributed by atoms with Crippen LogP contribution in [0, 0.1) is 5.82 Å². The van der Waals surface area contributed by atoms with Gasteiger partial charge >= 0.3 is 0 Å². The summed E-state index contributed by atoms with van der Waals surface area (Å²) in [7, 11) is 2.07. The zero-order valence-electron chi connectivity index (χ0n) is 10.6. The number of ether oxygens (including phenoxy) is 1. The Morgan fingerprint density at radius 3 is 2.83 bits per heavy atom. The highest BCUT2D eigenvalue weighted by Crippen LogP contribution is 2.12. The molecule has 2 atom stereocenters. The third kappa shape index (κ3) is 3.49. The molecular weight excluding hydrogens is 233 g/mol. The minimum atomic E-state index is -0.218. The van der Waals surface area contributed by atoms with Crippen LogP contribution in [0.5, 0.6) is 0 Å². The lowest BCUT2D eigenvalue weighted by Crippen LogP contribution is -2.54. The molecule has 0 aliphatic carbocycles. The van der Waals surface area contributed by atoms with Gasteiger partial charge in [0.05, 0.1) is 18.8 Å². The number of benzene rings is 1. The lowest BCUT2D eigenvalue weighted by atomic mass is 10.0. The highest BCUT2D eigenvalue weighted by atomic mass is 19.1. The first-order valence-electron chi connectivity index (χ1n) is 6.20. The molecule has 0 spiro atoms. The first kappa shape index (κ1) is 13.4. The normalized spacial score (nSPS) is 22.9. The SMILES string of the molecule is CN1CCOC(C(Cc2ccc(F)cc2)NN)C1. The van der Waals surface area contributed by atoms with E-state index in [4.69, 9.17) is 10.6 Å². The fraction of sp³-hybridized carbons (Fsp3) is 0.538. The lowest BCUT2D eigenvalue weighted by Gasteiger charge is -2.34. The van der Waals surface area contributed by atoms with E-state index in [-0.39, 0.29) is 18.0 Å². The quantitative estimate of drug-likeness (QED) is 0.607. The van der Waals surface area contributed by atoms with E-state index >= 15 is 0 Å². The summed E-state index contributed by atoms with van der Waals surface area (Å²) in [5.41, 5.74) is 3.86. The van der Waals surface area contributed by atoms with Gasteiger partial charge in [0.25, 0.3) is 0 Å². The first-order chi connectivity index (χ1) is 8.69. The van der Waals surface area contributed by atoms with Gasteiger partial charge in [-0.25, -0.2) is 4.39 Å². The van der Waals surface area contributed by atoms with E-state index in [1.165, 1.54) is 12.1 Å². The minimum absolute atomic E-state index is 0.0400. The van der Waals surface area contributed by atoms with E-state index < -0.39 is 0 Å². The van der Waals surface area contributed by atoms with Gasteiger partial charge in [-0.3, -0.25) is 11.3 Å². The lowest BCUT2D eigenvalue weighted by molar-refractivity contribution is -0.0384. The molecule has 0 bridgehead atoms. The molecule has 1 aliphatic rings. The zero-order valence-corrected chi connectivity index (χ0v) is 10.6. The molecule has 0 aromatic heterocycles. The van der Waals surface area contributed by atoms with E-state index in [1.807, 2.05) is 0 Å². The van der Waals surface area contributed by atoms with E-state index in [1.54, 1.807) is 12.1 Å². The number of nitrogens with one attached hydrogen (secondary N) is 1. The van der Waals surface area contributed by atoms with Crippen LogP contribution in [0.4, 0.5) is 4.39 Å². The number of hydrogen-bond acceptors (Lipinski definition) is 4. The molecule has 1 aliphatic heterocycles. The van der Waals surface area contributed by atoms with Crippen LogP contribution in [0.1, 0.15) is 5.56 Å². The summed E-state index contributed by atoms with van der Waals surface area (Å²) in [5, 5.41) is 0. The van der Waals surface area contributed by atoms with Crippen LogP contribution in [-0.4, -0.2) is 43.8 Å². The molecule has 4 nitrogen and oxygen atoms in total. The smallest absolute Gasteiger partial charge is 0.123 e. The number of nitrogens with zero attached hydrogens (tertiary/aromatic N) is 1. The van der Waals surface area contributed by atoms with Gasteiger partial charge in [0, 0.05) is 13.1 Å². The van der Waals surface area contributed by atoms with E-state index in [9.17, 15) is 4.39 Å². The van der Waals surface area contributed by atoms with Gasteiger partial charge in [0.15, 0.2) is 0 Å². The Morgan fingerprint density at radius 1 is 1.50 bits per heavy atom. The Labute approximate surface area is 107 Å². The highest BCUT2D eigenvalue weighted by molar-refractivity contribution is 5.17. The third-order valence-electron chi connectivity index (χ3n) is 3.33. The number of hydrazine groups is 1. The molecule has 1 saturated heterocycles. The number of rotatable bonds is 4. The molecule has 2 rings (SSSR count). The summed E-state index contributed by atoms with van der Waals surface area (Å²) in [6.07, 6.45) is 0.800. The number of hydrogen-bond donors (Lipinski definition) is 2. The van der Waals surface area contributed by atoms with Crippen LogP contribution in [0.25, 0.3) is 0 Å². The Bertz CT molecular complexity index is 371. The molecule has 2 unspecified atom stereocenters. The van der Waals surface area contributed by atoms with Crippen molar-refractivity contribution in [2.75, 3.05) is 26.7 Å². The van der Waals surface area contributed by atoms with Crippen molar-refractivity contribution in [3.8, 4) is 0 Å². The fourth-order valence-corrected chi connectivity index (χ4v) is 2.23. The molecule has 1 fully saturated rings. The molecule has 1 aromatic rings. The molecule has 0 amide bonds. The van der Waals surface area contributed by atoms with Crippen LogP contribution in [0.15, 0.2) is 24.3 Å². The van der Waals surface area contributed by atoms with Crippen molar-refractivity contribution in [3.05, 3.63) is 35.6 Å². The molecule has 1 heterocycles. The monoisotopic (exact) mass is 253 g/mol. The van der Waals surface area contributed by atoms with E-state index in [0.717, 1.165) is 31.7 Å². The predicted molar refractivity (Wildman–Crippen MR) is 68.5 cm³/mol. The molecule has 0 saturated carbocycles. The maximum Gasteiger partial charge on any atom is 0.123 e. The van der Waals surface area contributed by atoms with Crippen molar-refractivity contribution < 1.29 is 9.13 Å². The zero-order chi connectivity index (χ0) is 13.0. The van der Waals surface area contributed by atoms with Crippen molar-refractivity contribution in [1.29, 1.82) is 0 Å². The van der Waals surface area contributed by atoms with Gasteiger partial charge < -0.3 is 9.64 Å². The van der Waals surface area contributed by atoms with Crippen LogP contribution in [0.3, 0.4) is 0 Å². The number of likely N-dealkylation sites (N-methyl/N-ethyl adjacent to an activating group) is 1. The average molecular weight is 253 g/mol. The van der Waals surface area contributed by atoms with Crippen LogP contribution >= 0.6 is 0 Å². The van der Waals surface area contributed by atoms with E-state index in [0.29, 0.717) is 0 Å². The average Bonchev–Trinajstić information content (AvgIpc) is 2.38. The Balaban J connectivity index is 1.98. The summed E-state index contributed by atoms with van der Waals surface area (Å²) in [5.74, 6) is 5.39. The molecular formula is C13H20FN3O. The van der Waals surface area contributed by atoms with Crippen LogP contribution in [0.2, 0.25) is 0 Å². The highest BCUT2D eigenvalue weighted by Gasteiger charge is 2.26. The summed E-state index contributed by atoms with van der Waals surface area (Å²) in [6.45, 7) is 2.53. The summed E-state index contributed by atoms with van der Waals surface area (Å²) >= 11 is 0.